The van der Waals surface area contributed by atoms with Crippen LogP contribution < -0.4 is 5.32 Å². The first-order chi connectivity index (χ1) is 13.3. The molecule has 0 atom stereocenters. The molecule has 1 aromatic rings. The quantitative estimate of drug-likeness (QED) is 0.788. The van der Waals surface area contributed by atoms with Crippen molar-refractivity contribution in [1.82, 2.24) is 15.1 Å². The normalized spacial score (nSPS) is 17.3. The lowest BCUT2D eigenvalue weighted by Gasteiger charge is -2.32. The number of fused-ring (bicyclic) bond motifs is 1. The van der Waals surface area contributed by atoms with Gasteiger partial charge in [0.2, 0.25) is 5.91 Å². The summed E-state index contributed by atoms with van der Waals surface area (Å²) >= 11 is 0. The van der Waals surface area contributed by atoms with Crippen LogP contribution >= 0.6 is 0 Å². The molecule has 28 heavy (non-hydrogen) atoms. The summed E-state index contributed by atoms with van der Waals surface area (Å²) in [5.41, 5.74) is 1.07. The molecule has 1 aromatic carbocycles. The number of nitrogens with one attached hydrogen (secondary N) is 1. The molecule has 1 saturated heterocycles. The zero-order valence-corrected chi connectivity index (χ0v) is 16.7. The summed E-state index contributed by atoms with van der Waals surface area (Å²) in [6.07, 6.45) is 2.76. The first kappa shape index (κ1) is 20.0. The molecule has 7 heteroatoms. The summed E-state index contributed by atoms with van der Waals surface area (Å²) in [7, 11) is 0. The van der Waals surface area contributed by atoms with E-state index in [0.717, 1.165) is 6.42 Å². The Kier molecular flexibility index (Phi) is 5.82. The number of benzene rings is 1. The SMILES string of the molecule is CCCC(=O)NC1CCN(C(=O)c2ccc3c(c2)C(=O)N(C(C)C)C3=O)CC1. The summed E-state index contributed by atoms with van der Waals surface area (Å²) in [6.45, 7) is 6.65. The Morgan fingerprint density at radius 3 is 2.36 bits per heavy atom. The first-order valence-electron chi connectivity index (χ1n) is 9.94. The van der Waals surface area contributed by atoms with Gasteiger partial charge in [-0.25, -0.2) is 0 Å². The van der Waals surface area contributed by atoms with Gasteiger partial charge in [-0.05, 0) is 51.3 Å². The summed E-state index contributed by atoms with van der Waals surface area (Å²) in [6, 6.07) is 4.60. The highest BCUT2D eigenvalue weighted by atomic mass is 16.2. The minimum atomic E-state index is -0.345. The minimum Gasteiger partial charge on any atom is -0.353 e. The van der Waals surface area contributed by atoms with Crippen molar-refractivity contribution in [3.63, 3.8) is 0 Å². The van der Waals surface area contributed by atoms with Gasteiger partial charge in [0.25, 0.3) is 17.7 Å². The number of carbonyl (C=O) groups excluding carboxylic acids is 4. The molecule has 3 rings (SSSR count). The van der Waals surface area contributed by atoms with Crippen molar-refractivity contribution in [2.45, 2.75) is 58.5 Å². The molecule has 150 valence electrons. The lowest BCUT2D eigenvalue weighted by atomic mass is 10.0. The molecule has 2 aliphatic rings. The average Bonchev–Trinajstić information content (AvgIpc) is 2.92. The molecule has 0 aromatic heterocycles. The van der Waals surface area contributed by atoms with E-state index in [2.05, 4.69) is 5.32 Å². The van der Waals surface area contributed by atoms with Gasteiger partial charge in [0.15, 0.2) is 0 Å². The van der Waals surface area contributed by atoms with E-state index in [0.29, 0.717) is 49.0 Å². The van der Waals surface area contributed by atoms with Gasteiger partial charge in [-0.15, -0.1) is 0 Å². The maximum Gasteiger partial charge on any atom is 0.261 e. The Morgan fingerprint density at radius 1 is 1.11 bits per heavy atom. The lowest BCUT2D eigenvalue weighted by Crippen LogP contribution is -2.46. The standard InChI is InChI=1S/C21H27N3O4/c1-4-5-18(25)22-15-8-10-23(11-9-15)19(26)14-6-7-16-17(12-14)21(28)24(13(2)3)20(16)27/h6-7,12-13,15H,4-5,8-11H2,1-3H3,(H,22,25). The smallest absolute Gasteiger partial charge is 0.261 e. The topological polar surface area (TPSA) is 86.8 Å². The van der Waals surface area contributed by atoms with Crippen molar-refractivity contribution in [3.8, 4) is 0 Å². The highest BCUT2D eigenvalue weighted by Crippen LogP contribution is 2.26. The van der Waals surface area contributed by atoms with Gasteiger partial charge in [-0.3, -0.25) is 24.1 Å². The number of imide groups is 1. The van der Waals surface area contributed by atoms with Gasteiger partial charge >= 0.3 is 0 Å². The van der Waals surface area contributed by atoms with E-state index in [-0.39, 0.29) is 35.7 Å². The van der Waals surface area contributed by atoms with E-state index in [1.807, 2.05) is 6.92 Å². The van der Waals surface area contributed by atoms with Crippen molar-refractivity contribution in [1.29, 1.82) is 0 Å². The van der Waals surface area contributed by atoms with Crippen LogP contribution in [0, 0.1) is 0 Å². The molecular formula is C21H27N3O4. The average molecular weight is 385 g/mol. The van der Waals surface area contributed by atoms with Crippen LogP contribution in [-0.4, -0.2) is 58.6 Å². The largest absolute Gasteiger partial charge is 0.353 e. The highest BCUT2D eigenvalue weighted by Gasteiger charge is 2.37. The Labute approximate surface area is 165 Å². The molecule has 2 aliphatic heterocycles. The van der Waals surface area contributed by atoms with E-state index in [1.165, 1.54) is 11.0 Å². The number of carbonyl (C=O) groups is 4. The lowest BCUT2D eigenvalue weighted by molar-refractivity contribution is -0.122. The molecule has 7 nitrogen and oxygen atoms in total. The number of hydrogen-bond donors (Lipinski definition) is 1. The van der Waals surface area contributed by atoms with Gasteiger partial charge in [0.1, 0.15) is 0 Å². The molecule has 4 amide bonds. The third-order valence-electron chi connectivity index (χ3n) is 5.31. The van der Waals surface area contributed by atoms with Crippen LogP contribution in [0.15, 0.2) is 18.2 Å². The summed E-state index contributed by atoms with van der Waals surface area (Å²) in [5, 5.41) is 3.01. The molecule has 0 radical (unpaired) electrons. The van der Waals surface area contributed by atoms with E-state index >= 15 is 0 Å². The molecule has 1 N–H and O–H groups in total. The van der Waals surface area contributed by atoms with Gasteiger partial charge in [0, 0.05) is 37.2 Å². The van der Waals surface area contributed by atoms with E-state index < -0.39 is 0 Å². The van der Waals surface area contributed by atoms with E-state index in [9.17, 15) is 19.2 Å². The maximum atomic E-state index is 12.9. The van der Waals surface area contributed by atoms with Crippen molar-refractivity contribution in [3.05, 3.63) is 34.9 Å². The van der Waals surface area contributed by atoms with Crippen LogP contribution in [0.25, 0.3) is 0 Å². The second-order valence-corrected chi connectivity index (χ2v) is 7.72. The molecule has 0 bridgehead atoms. The van der Waals surface area contributed by atoms with E-state index in [4.69, 9.17) is 0 Å². The Balaban J connectivity index is 1.67. The predicted molar refractivity (Wildman–Crippen MR) is 104 cm³/mol. The minimum absolute atomic E-state index is 0.0591. The van der Waals surface area contributed by atoms with Crippen LogP contribution in [-0.2, 0) is 4.79 Å². The van der Waals surface area contributed by atoms with Crippen LogP contribution in [0.4, 0.5) is 0 Å². The zero-order valence-electron chi connectivity index (χ0n) is 16.7. The van der Waals surface area contributed by atoms with Crippen LogP contribution in [0.1, 0.15) is 77.5 Å². The van der Waals surface area contributed by atoms with Crippen molar-refractivity contribution >= 4 is 23.6 Å². The number of amides is 4. The Hall–Kier alpha value is -2.70. The summed E-state index contributed by atoms with van der Waals surface area (Å²) < 4.78 is 0. The second-order valence-electron chi connectivity index (χ2n) is 7.72. The third kappa shape index (κ3) is 3.79. The van der Waals surface area contributed by atoms with Gasteiger partial charge < -0.3 is 10.2 Å². The maximum absolute atomic E-state index is 12.9. The van der Waals surface area contributed by atoms with E-state index in [1.54, 1.807) is 30.9 Å². The van der Waals surface area contributed by atoms with Crippen molar-refractivity contribution < 1.29 is 19.2 Å². The van der Waals surface area contributed by atoms with Gasteiger partial charge in [0.05, 0.1) is 11.1 Å². The monoisotopic (exact) mass is 385 g/mol. The molecule has 0 aliphatic carbocycles. The number of hydrogen-bond acceptors (Lipinski definition) is 4. The summed E-state index contributed by atoms with van der Waals surface area (Å²) in [5.74, 6) is -0.743. The van der Waals surface area contributed by atoms with Crippen molar-refractivity contribution in [2.24, 2.45) is 0 Å². The highest BCUT2D eigenvalue weighted by molar-refractivity contribution is 6.22. The van der Waals surface area contributed by atoms with Crippen LogP contribution in [0.2, 0.25) is 0 Å². The van der Waals surface area contributed by atoms with Crippen LogP contribution in [0.5, 0.6) is 0 Å². The molecule has 0 saturated carbocycles. The van der Waals surface area contributed by atoms with Gasteiger partial charge in [-0.2, -0.15) is 0 Å². The molecular weight excluding hydrogens is 358 g/mol. The Bertz CT molecular complexity index is 810. The predicted octanol–water partition coefficient (Wildman–Crippen LogP) is 2.21. The van der Waals surface area contributed by atoms with Crippen molar-refractivity contribution in [2.75, 3.05) is 13.1 Å². The number of nitrogens with zero attached hydrogens (tertiary/aromatic N) is 2. The Morgan fingerprint density at radius 2 is 1.75 bits per heavy atom. The zero-order chi connectivity index (χ0) is 20.4. The number of likely N-dealkylation sites (tertiary alicyclic amines) is 1. The number of rotatable bonds is 5. The molecule has 0 spiro atoms. The van der Waals surface area contributed by atoms with Gasteiger partial charge in [-0.1, -0.05) is 6.92 Å². The summed E-state index contributed by atoms with van der Waals surface area (Å²) in [4.78, 5) is 52.5. The third-order valence-corrected chi connectivity index (χ3v) is 5.31. The fourth-order valence-electron chi connectivity index (χ4n) is 3.80. The van der Waals surface area contributed by atoms with Crippen LogP contribution in [0.3, 0.4) is 0 Å². The molecule has 1 fully saturated rings. The fourth-order valence-corrected chi connectivity index (χ4v) is 3.80. The number of piperidine rings is 1. The molecule has 2 heterocycles. The fraction of sp³-hybridized carbons (Fsp3) is 0.524. The molecule has 0 unspecified atom stereocenters. The first-order valence-corrected chi connectivity index (χ1v) is 9.94. The second kappa shape index (κ2) is 8.12.